The fraction of sp³-hybridized carbons (Fsp3) is 0.391. The highest BCUT2D eigenvalue weighted by Gasteiger charge is 2.29. The van der Waals surface area contributed by atoms with Crippen LogP contribution in [0.3, 0.4) is 0 Å². The highest BCUT2D eigenvalue weighted by molar-refractivity contribution is 5.70. The summed E-state index contributed by atoms with van der Waals surface area (Å²) in [6, 6.07) is 15.2. The van der Waals surface area contributed by atoms with E-state index in [0.717, 1.165) is 16.7 Å². The lowest BCUT2D eigenvalue weighted by Gasteiger charge is -2.30. The Kier molecular flexibility index (Phi) is 8.24. The molecule has 0 fully saturated rings. The van der Waals surface area contributed by atoms with Gasteiger partial charge in [-0.15, -0.1) is 0 Å². The molecule has 0 radical (unpaired) electrons. The summed E-state index contributed by atoms with van der Waals surface area (Å²) in [5.74, 6) is 0. The second-order valence-electron chi connectivity index (χ2n) is 7.98. The number of amides is 2. The molecule has 2 aromatic carbocycles. The summed E-state index contributed by atoms with van der Waals surface area (Å²) in [5, 5.41) is 15.4. The molecule has 7 heteroatoms. The zero-order valence-corrected chi connectivity index (χ0v) is 17.8. The van der Waals surface area contributed by atoms with Crippen molar-refractivity contribution < 1.29 is 24.2 Å². The van der Waals surface area contributed by atoms with Gasteiger partial charge in [-0.05, 0) is 44.4 Å². The minimum atomic E-state index is -0.818. The van der Waals surface area contributed by atoms with E-state index in [1.807, 2.05) is 61.5 Å². The van der Waals surface area contributed by atoms with Crippen molar-refractivity contribution in [3.8, 4) is 0 Å². The zero-order valence-electron chi connectivity index (χ0n) is 17.8. The number of benzene rings is 2. The van der Waals surface area contributed by atoms with E-state index in [-0.39, 0.29) is 6.61 Å². The lowest BCUT2D eigenvalue weighted by molar-refractivity contribution is 0.0476. The van der Waals surface area contributed by atoms with E-state index in [9.17, 15) is 14.7 Å². The van der Waals surface area contributed by atoms with E-state index in [0.29, 0.717) is 0 Å². The molecule has 0 heterocycles. The van der Waals surface area contributed by atoms with Crippen molar-refractivity contribution in [2.45, 2.75) is 52.0 Å². The largest absolute Gasteiger partial charge is 0.445 e. The number of alkyl carbamates (subject to hydrolysis) is 2. The quantitative estimate of drug-likeness (QED) is 0.639. The molecular formula is C23H30N2O5. The summed E-state index contributed by atoms with van der Waals surface area (Å²) in [5.41, 5.74) is 1.81. The van der Waals surface area contributed by atoms with Crippen LogP contribution >= 0.6 is 0 Å². The fourth-order valence-electron chi connectivity index (χ4n) is 2.92. The van der Waals surface area contributed by atoms with Gasteiger partial charge in [0.25, 0.3) is 0 Å². The van der Waals surface area contributed by atoms with E-state index in [4.69, 9.17) is 9.47 Å². The van der Waals surface area contributed by atoms with Gasteiger partial charge < -0.3 is 25.2 Å². The van der Waals surface area contributed by atoms with Crippen molar-refractivity contribution in [1.29, 1.82) is 0 Å². The number of carbonyl (C=O) groups excluding carboxylic acids is 2. The van der Waals surface area contributed by atoms with Crippen LogP contribution in [-0.4, -0.2) is 35.5 Å². The molecule has 0 unspecified atom stereocenters. The standard InChI is InChI=1S/C23H30N2O5/c1-16-10-8-9-13-18(16)20(25-22(28)30-23(2,3)4)19(14-26)24-21(27)29-15-17-11-6-5-7-12-17/h5-13,19-20,26H,14-15H2,1-4H3,(H,24,27)(H,25,28)/t19-,20+/m0/s1. The number of hydrogen-bond acceptors (Lipinski definition) is 5. The van der Waals surface area contributed by atoms with Crippen molar-refractivity contribution in [3.05, 3.63) is 71.3 Å². The van der Waals surface area contributed by atoms with Gasteiger partial charge in [0.15, 0.2) is 0 Å². The number of nitrogens with one attached hydrogen (secondary N) is 2. The molecule has 0 aliphatic heterocycles. The summed E-state index contributed by atoms with van der Waals surface area (Å²) < 4.78 is 10.6. The third-order valence-electron chi connectivity index (χ3n) is 4.31. The van der Waals surface area contributed by atoms with E-state index in [1.165, 1.54) is 0 Å². The van der Waals surface area contributed by atoms with E-state index >= 15 is 0 Å². The minimum Gasteiger partial charge on any atom is -0.445 e. The number of aliphatic hydroxyl groups is 1. The van der Waals surface area contributed by atoms with Crippen LogP contribution in [0.5, 0.6) is 0 Å². The first-order chi connectivity index (χ1) is 14.2. The maximum atomic E-state index is 12.4. The van der Waals surface area contributed by atoms with Gasteiger partial charge in [0.05, 0.1) is 18.7 Å². The third-order valence-corrected chi connectivity index (χ3v) is 4.31. The van der Waals surface area contributed by atoms with Crippen molar-refractivity contribution in [1.82, 2.24) is 10.6 Å². The molecule has 30 heavy (non-hydrogen) atoms. The Morgan fingerprint density at radius 3 is 2.20 bits per heavy atom. The van der Waals surface area contributed by atoms with E-state index < -0.39 is 36.5 Å². The van der Waals surface area contributed by atoms with Gasteiger partial charge >= 0.3 is 12.2 Å². The molecule has 0 aliphatic carbocycles. The second-order valence-corrected chi connectivity index (χ2v) is 7.98. The van der Waals surface area contributed by atoms with Crippen molar-refractivity contribution in [2.75, 3.05) is 6.61 Å². The predicted molar refractivity (Wildman–Crippen MR) is 114 cm³/mol. The smallest absolute Gasteiger partial charge is 0.408 e. The van der Waals surface area contributed by atoms with Crippen molar-refractivity contribution >= 4 is 12.2 Å². The summed E-state index contributed by atoms with van der Waals surface area (Å²) >= 11 is 0. The maximum Gasteiger partial charge on any atom is 0.408 e. The predicted octanol–water partition coefficient (Wildman–Crippen LogP) is 3.85. The second kappa shape index (κ2) is 10.6. The first-order valence-electron chi connectivity index (χ1n) is 9.82. The average Bonchev–Trinajstić information content (AvgIpc) is 2.69. The van der Waals surface area contributed by atoms with Gasteiger partial charge in [-0.3, -0.25) is 0 Å². The number of ether oxygens (including phenoxy) is 2. The average molecular weight is 415 g/mol. The van der Waals surface area contributed by atoms with Gasteiger partial charge in [-0.2, -0.15) is 0 Å². The zero-order chi connectivity index (χ0) is 22.1. The molecule has 0 spiro atoms. The third kappa shape index (κ3) is 7.40. The number of rotatable bonds is 7. The van der Waals surface area contributed by atoms with Crippen LogP contribution in [0.15, 0.2) is 54.6 Å². The molecule has 2 amide bonds. The number of aliphatic hydroxyl groups excluding tert-OH is 1. The van der Waals surface area contributed by atoms with Gasteiger partial charge in [0.2, 0.25) is 0 Å². The summed E-state index contributed by atoms with van der Waals surface area (Å²) in [4.78, 5) is 24.7. The van der Waals surface area contributed by atoms with Crippen molar-refractivity contribution in [2.24, 2.45) is 0 Å². The van der Waals surface area contributed by atoms with Crippen LogP contribution in [0, 0.1) is 6.92 Å². The molecule has 2 rings (SSSR count). The molecule has 0 saturated carbocycles. The van der Waals surface area contributed by atoms with E-state index in [2.05, 4.69) is 10.6 Å². The lowest BCUT2D eigenvalue weighted by atomic mass is 9.95. The highest BCUT2D eigenvalue weighted by atomic mass is 16.6. The first kappa shape index (κ1) is 23.2. The molecule has 0 aliphatic rings. The molecule has 0 bridgehead atoms. The number of aryl methyl sites for hydroxylation is 1. The van der Waals surface area contributed by atoms with Gasteiger partial charge in [0.1, 0.15) is 12.2 Å². The van der Waals surface area contributed by atoms with Gasteiger partial charge in [-0.25, -0.2) is 9.59 Å². The molecule has 0 aromatic heterocycles. The van der Waals surface area contributed by atoms with Gasteiger partial charge in [0, 0.05) is 0 Å². The Labute approximate surface area is 177 Å². The summed E-state index contributed by atoms with van der Waals surface area (Å²) in [7, 11) is 0. The maximum absolute atomic E-state index is 12.4. The van der Waals surface area contributed by atoms with Crippen LogP contribution in [0.4, 0.5) is 9.59 Å². The molecule has 162 valence electrons. The number of hydrogen-bond donors (Lipinski definition) is 3. The molecule has 2 aromatic rings. The highest BCUT2D eigenvalue weighted by Crippen LogP contribution is 2.22. The lowest BCUT2D eigenvalue weighted by Crippen LogP contribution is -2.49. The molecule has 7 nitrogen and oxygen atoms in total. The summed E-state index contributed by atoms with van der Waals surface area (Å²) in [6.45, 7) is 6.87. The van der Waals surface area contributed by atoms with Crippen LogP contribution in [0.2, 0.25) is 0 Å². The minimum absolute atomic E-state index is 0.0966. The fourth-order valence-corrected chi connectivity index (χ4v) is 2.92. The Bertz CT molecular complexity index is 833. The molecule has 2 atom stereocenters. The van der Waals surface area contributed by atoms with Crippen LogP contribution < -0.4 is 10.6 Å². The number of carbonyl (C=O) groups is 2. The van der Waals surface area contributed by atoms with Gasteiger partial charge in [-0.1, -0.05) is 54.6 Å². The Balaban J connectivity index is 2.14. The summed E-state index contributed by atoms with van der Waals surface area (Å²) in [6.07, 6.45) is -1.34. The first-order valence-corrected chi connectivity index (χ1v) is 9.82. The molecular weight excluding hydrogens is 384 g/mol. The Morgan fingerprint density at radius 2 is 1.60 bits per heavy atom. The Morgan fingerprint density at radius 1 is 0.967 bits per heavy atom. The van der Waals surface area contributed by atoms with Crippen LogP contribution in [0.25, 0.3) is 0 Å². The molecule has 0 saturated heterocycles. The van der Waals surface area contributed by atoms with E-state index in [1.54, 1.807) is 20.8 Å². The normalized spacial score (nSPS) is 13.1. The van der Waals surface area contributed by atoms with Crippen LogP contribution in [-0.2, 0) is 16.1 Å². The van der Waals surface area contributed by atoms with Crippen LogP contribution in [0.1, 0.15) is 43.5 Å². The Hall–Kier alpha value is -3.06. The SMILES string of the molecule is Cc1ccccc1[C@@H](NC(=O)OC(C)(C)C)[C@H](CO)NC(=O)OCc1ccccc1. The molecule has 3 N–H and O–H groups in total. The van der Waals surface area contributed by atoms with Crippen molar-refractivity contribution in [3.63, 3.8) is 0 Å². The topological polar surface area (TPSA) is 96.9 Å². The monoisotopic (exact) mass is 414 g/mol.